The lowest BCUT2D eigenvalue weighted by molar-refractivity contribution is 0.0535. The van der Waals surface area contributed by atoms with Crippen molar-refractivity contribution in [2.75, 3.05) is 26.2 Å². The van der Waals surface area contributed by atoms with Gasteiger partial charge in [0, 0.05) is 55.3 Å². The van der Waals surface area contributed by atoms with Crippen LogP contribution in [0.15, 0.2) is 73.1 Å². The summed E-state index contributed by atoms with van der Waals surface area (Å²) >= 11 is 0. The molecule has 1 aliphatic rings. The van der Waals surface area contributed by atoms with Crippen molar-refractivity contribution in [3.8, 4) is 5.75 Å². The van der Waals surface area contributed by atoms with Crippen molar-refractivity contribution in [1.82, 2.24) is 14.8 Å². The second kappa shape index (κ2) is 9.43. The van der Waals surface area contributed by atoms with Crippen LogP contribution in [-0.4, -0.2) is 52.8 Å². The van der Waals surface area contributed by atoms with Crippen LogP contribution in [0.25, 0.3) is 0 Å². The Labute approximate surface area is 182 Å². The van der Waals surface area contributed by atoms with Gasteiger partial charge in [-0.15, -0.1) is 0 Å². The maximum absolute atomic E-state index is 13.0. The lowest BCUT2D eigenvalue weighted by atomic mass is 10.1. The predicted octanol–water partition coefficient (Wildman–Crippen LogP) is 3.57. The van der Waals surface area contributed by atoms with Crippen LogP contribution in [0.5, 0.6) is 5.75 Å². The standard InChI is InChI=1S/C25H25N3O3/c1-19-7-9-21(10-8-19)24(29)27-12-14-28(15-13-27)25(30)22-5-2-6-23(16-22)31-18-20-4-3-11-26-17-20/h2-11,16-17H,12-15,18H2,1H3. The molecule has 0 N–H and O–H groups in total. The van der Waals surface area contributed by atoms with E-state index in [1.54, 1.807) is 29.4 Å². The van der Waals surface area contributed by atoms with Gasteiger partial charge < -0.3 is 14.5 Å². The van der Waals surface area contributed by atoms with Gasteiger partial charge in [-0.1, -0.05) is 29.8 Å². The number of piperazine rings is 1. The number of aryl methyl sites for hydroxylation is 1. The zero-order chi connectivity index (χ0) is 21.6. The van der Waals surface area contributed by atoms with Gasteiger partial charge in [-0.25, -0.2) is 0 Å². The summed E-state index contributed by atoms with van der Waals surface area (Å²) < 4.78 is 5.81. The minimum atomic E-state index is -0.0470. The summed E-state index contributed by atoms with van der Waals surface area (Å²) in [6, 6.07) is 18.6. The van der Waals surface area contributed by atoms with E-state index in [2.05, 4.69) is 4.98 Å². The molecule has 2 amide bonds. The summed E-state index contributed by atoms with van der Waals surface area (Å²) in [6.45, 7) is 4.46. The van der Waals surface area contributed by atoms with Crippen LogP contribution in [0, 0.1) is 6.92 Å². The molecule has 2 aromatic carbocycles. The van der Waals surface area contributed by atoms with E-state index >= 15 is 0 Å². The highest BCUT2D eigenvalue weighted by Crippen LogP contribution is 2.18. The topological polar surface area (TPSA) is 62.7 Å². The van der Waals surface area contributed by atoms with E-state index in [9.17, 15) is 9.59 Å². The van der Waals surface area contributed by atoms with Crippen molar-refractivity contribution in [1.29, 1.82) is 0 Å². The molecule has 3 aromatic rings. The van der Waals surface area contributed by atoms with Crippen LogP contribution in [0.2, 0.25) is 0 Å². The second-order valence-electron chi connectivity index (χ2n) is 7.63. The molecule has 2 heterocycles. The van der Waals surface area contributed by atoms with Crippen LogP contribution >= 0.6 is 0 Å². The Balaban J connectivity index is 1.34. The van der Waals surface area contributed by atoms with Crippen molar-refractivity contribution < 1.29 is 14.3 Å². The Hall–Kier alpha value is -3.67. The molecule has 0 radical (unpaired) electrons. The van der Waals surface area contributed by atoms with E-state index in [4.69, 9.17) is 4.74 Å². The van der Waals surface area contributed by atoms with Crippen LogP contribution in [0.4, 0.5) is 0 Å². The Kier molecular flexibility index (Phi) is 6.26. The molecule has 0 unspecified atom stereocenters. The fraction of sp³-hybridized carbons (Fsp3) is 0.240. The molecule has 1 saturated heterocycles. The van der Waals surface area contributed by atoms with Crippen molar-refractivity contribution in [2.24, 2.45) is 0 Å². The van der Waals surface area contributed by atoms with Gasteiger partial charge in [-0.3, -0.25) is 14.6 Å². The lowest BCUT2D eigenvalue weighted by Crippen LogP contribution is -2.50. The van der Waals surface area contributed by atoms with Crippen LogP contribution in [-0.2, 0) is 6.61 Å². The number of carbonyl (C=O) groups excluding carboxylic acids is 2. The maximum atomic E-state index is 13.0. The third kappa shape index (κ3) is 5.09. The molecule has 158 valence electrons. The SMILES string of the molecule is Cc1ccc(C(=O)N2CCN(C(=O)c3cccc(OCc4cccnc4)c3)CC2)cc1. The molecule has 4 rings (SSSR count). The molecule has 0 saturated carbocycles. The summed E-state index contributed by atoms with van der Waals surface area (Å²) in [5.74, 6) is 0.607. The minimum Gasteiger partial charge on any atom is -0.489 e. The molecule has 1 aromatic heterocycles. The van der Waals surface area contributed by atoms with Gasteiger partial charge in [-0.2, -0.15) is 0 Å². The van der Waals surface area contributed by atoms with Gasteiger partial charge in [0.25, 0.3) is 11.8 Å². The Morgan fingerprint density at radius 1 is 0.871 bits per heavy atom. The molecular formula is C25H25N3O3. The fourth-order valence-corrected chi connectivity index (χ4v) is 3.54. The number of hydrogen-bond donors (Lipinski definition) is 0. The number of hydrogen-bond acceptors (Lipinski definition) is 4. The number of pyridine rings is 1. The molecular weight excluding hydrogens is 390 g/mol. The molecule has 0 aliphatic carbocycles. The minimum absolute atomic E-state index is 0.0119. The Bertz CT molecular complexity index is 1040. The predicted molar refractivity (Wildman–Crippen MR) is 118 cm³/mol. The first-order chi connectivity index (χ1) is 15.1. The quantitative estimate of drug-likeness (QED) is 0.639. The first-order valence-corrected chi connectivity index (χ1v) is 10.4. The fourth-order valence-electron chi connectivity index (χ4n) is 3.54. The third-order valence-electron chi connectivity index (χ3n) is 5.36. The van der Waals surface area contributed by atoms with Gasteiger partial charge in [0.15, 0.2) is 0 Å². The van der Waals surface area contributed by atoms with Crippen molar-refractivity contribution in [3.05, 3.63) is 95.3 Å². The summed E-state index contributed by atoms with van der Waals surface area (Å²) in [7, 11) is 0. The molecule has 0 spiro atoms. The summed E-state index contributed by atoms with van der Waals surface area (Å²) in [5, 5.41) is 0. The van der Waals surface area contributed by atoms with Crippen LogP contribution < -0.4 is 4.74 Å². The largest absolute Gasteiger partial charge is 0.489 e. The maximum Gasteiger partial charge on any atom is 0.254 e. The number of aromatic nitrogens is 1. The average molecular weight is 415 g/mol. The van der Waals surface area contributed by atoms with E-state index in [0.29, 0.717) is 49.7 Å². The second-order valence-corrected chi connectivity index (χ2v) is 7.63. The van der Waals surface area contributed by atoms with E-state index in [1.165, 1.54) is 0 Å². The molecule has 0 atom stereocenters. The van der Waals surface area contributed by atoms with Gasteiger partial charge >= 0.3 is 0 Å². The van der Waals surface area contributed by atoms with Gasteiger partial charge in [0.1, 0.15) is 12.4 Å². The van der Waals surface area contributed by atoms with Crippen molar-refractivity contribution in [2.45, 2.75) is 13.5 Å². The molecule has 1 fully saturated rings. The van der Waals surface area contributed by atoms with Crippen molar-refractivity contribution in [3.63, 3.8) is 0 Å². The monoisotopic (exact) mass is 415 g/mol. The van der Waals surface area contributed by atoms with Crippen molar-refractivity contribution >= 4 is 11.8 Å². The number of amides is 2. The molecule has 6 nitrogen and oxygen atoms in total. The van der Waals surface area contributed by atoms with Crippen LogP contribution in [0.1, 0.15) is 31.8 Å². The number of rotatable bonds is 5. The number of benzene rings is 2. The van der Waals surface area contributed by atoms with E-state index < -0.39 is 0 Å². The summed E-state index contributed by atoms with van der Waals surface area (Å²) in [6.07, 6.45) is 3.48. The third-order valence-corrected chi connectivity index (χ3v) is 5.36. The first kappa shape index (κ1) is 20.6. The lowest BCUT2D eigenvalue weighted by Gasteiger charge is -2.35. The average Bonchev–Trinajstić information content (AvgIpc) is 2.83. The smallest absolute Gasteiger partial charge is 0.254 e. The summed E-state index contributed by atoms with van der Waals surface area (Å²) in [4.78, 5) is 33.3. The number of nitrogens with zero attached hydrogens (tertiary/aromatic N) is 3. The number of carbonyl (C=O) groups is 2. The number of ether oxygens (including phenoxy) is 1. The molecule has 1 aliphatic heterocycles. The molecule has 31 heavy (non-hydrogen) atoms. The zero-order valence-corrected chi connectivity index (χ0v) is 17.5. The summed E-state index contributed by atoms with van der Waals surface area (Å²) in [5.41, 5.74) is 3.36. The van der Waals surface area contributed by atoms with Crippen LogP contribution in [0.3, 0.4) is 0 Å². The highest BCUT2D eigenvalue weighted by Gasteiger charge is 2.25. The normalized spacial score (nSPS) is 13.7. The van der Waals surface area contributed by atoms with E-state index in [1.807, 2.05) is 60.4 Å². The zero-order valence-electron chi connectivity index (χ0n) is 17.5. The first-order valence-electron chi connectivity index (χ1n) is 10.4. The Morgan fingerprint density at radius 3 is 2.19 bits per heavy atom. The van der Waals surface area contributed by atoms with E-state index in [0.717, 1.165) is 11.1 Å². The molecule has 6 heteroatoms. The Morgan fingerprint density at radius 2 is 1.55 bits per heavy atom. The highest BCUT2D eigenvalue weighted by atomic mass is 16.5. The highest BCUT2D eigenvalue weighted by molar-refractivity contribution is 5.96. The molecule has 0 bridgehead atoms. The van der Waals surface area contributed by atoms with Gasteiger partial charge in [-0.05, 0) is 43.3 Å². The van der Waals surface area contributed by atoms with Gasteiger partial charge in [0.2, 0.25) is 0 Å². The van der Waals surface area contributed by atoms with E-state index in [-0.39, 0.29) is 11.8 Å². The van der Waals surface area contributed by atoms with Gasteiger partial charge in [0.05, 0.1) is 0 Å².